The number of hydrogen-bond donors (Lipinski definition) is 2. The van der Waals surface area contributed by atoms with Gasteiger partial charge in [0.25, 0.3) is 0 Å². The number of para-hydroxylation sites is 1. The van der Waals surface area contributed by atoms with E-state index in [-0.39, 0.29) is 5.91 Å². The Balaban J connectivity index is 1.52. The lowest BCUT2D eigenvalue weighted by molar-refractivity contribution is -0.115. The molecular weight excluding hydrogens is 416 g/mol. The quantitative estimate of drug-likeness (QED) is 0.352. The highest BCUT2D eigenvalue weighted by molar-refractivity contribution is 7.19. The Hall–Kier alpha value is -3.25. The summed E-state index contributed by atoms with van der Waals surface area (Å²) in [5, 5.41) is 7.49. The second kappa shape index (κ2) is 9.49. The lowest BCUT2D eigenvalue weighted by Crippen LogP contribution is -2.18. The molecule has 164 valence electrons. The third-order valence-corrected chi connectivity index (χ3v) is 6.67. The van der Waals surface area contributed by atoms with Crippen LogP contribution in [-0.2, 0) is 11.2 Å². The number of aryl methyl sites for hydroxylation is 4. The zero-order valence-corrected chi connectivity index (χ0v) is 19.8. The second-order valence-corrected chi connectivity index (χ2v) is 9.19. The number of carbonyl (C=O) groups excluding carboxylic acids is 1. The number of aromatic nitrogens is 2. The molecule has 5 nitrogen and oxygen atoms in total. The molecule has 0 bridgehead atoms. The van der Waals surface area contributed by atoms with E-state index in [0.717, 1.165) is 50.4 Å². The first kappa shape index (κ1) is 22.0. The van der Waals surface area contributed by atoms with E-state index in [0.29, 0.717) is 13.0 Å². The summed E-state index contributed by atoms with van der Waals surface area (Å²) in [5.41, 5.74) is 6.71. The van der Waals surface area contributed by atoms with Gasteiger partial charge in [0.05, 0.1) is 5.39 Å². The first-order valence-corrected chi connectivity index (χ1v) is 11.7. The summed E-state index contributed by atoms with van der Waals surface area (Å²) in [6.45, 7) is 8.82. The van der Waals surface area contributed by atoms with E-state index in [2.05, 4.69) is 71.7 Å². The van der Waals surface area contributed by atoms with Crippen LogP contribution in [0.1, 0.15) is 34.9 Å². The van der Waals surface area contributed by atoms with E-state index in [1.165, 1.54) is 10.4 Å². The number of thiophene rings is 1. The van der Waals surface area contributed by atoms with Crippen LogP contribution in [0.4, 0.5) is 11.5 Å². The minimum absolute atomic E-state index is 0.00735. The van der Waals surface area contributed by atoms with Crippen molar-refractivity contribution in [1.29, 1.82) is 0 Å². The van der Waals surface area contributed by atoms with E-state index in [4.69, 9.17) is 0 Å². The van der Waals surface area contributed by atoms with Crippen LogP contribution in [0.3, 0.4) is 0 Å². The monoisotopic (exact) mass is 444 g/mol. The predicted molar refractivity (Wildman–Crippen MR) is 135 cm³/mol. The molecule has 0 unspecified atom stereocenters. The SMILES string of the molecule is CCc1cccc(C)c1NC(=O)CCNc1ncnc2sc(C)c(-c3ccc(C)cc3)c12. The van der Waals surface area contributed by atoms with Crippen LogP contribution >= 0.6 is 11.3 Å². The number of amides is 1. The minimum atomic E-state index is -0.00735. The van der Waals surface area contributed by atoms with Crippen molar-refractivity contribution in [3.05, 3.63) is 70.4 Å². The number of anilines is 2. The first-order valence-electron chi connectivity index (χ1n) is 10.9. The zero-order valence-electron chi connectivity index (χ0n) is 19.0. The van der Waals surface area contributed by atoms with Gasteiger partial charge in [-0.15, -0.1) is 11.3 Å². The predicted octanol–water partition coefficient (Wildman–Crippen LogP) is 6.29. The van der Waals surface area contributed by atoms with Crippen molar-refractivity contribution in [3.8, 4) is 11.1 Å². The lowest BCUT2D eigenvalue weighted by atomic mass is 10.0. The molecule has 6 heteroatoms. The molecule has 4 rings (SSSR count). The smallest absolute Gasteiger partial charge is 0.226 e. The van der Waals surface area contributed by atoms with Crippen LogP contribution in [0.25, 0.3) is 21.3 Å². The molecule has 0 saturated carbocycles. The summed E-state index contributed by atoms with van der Waals surface area (Å²) in [4.78, 5) is 23.8. The molecule has 2 heterocycles. The first-order chi connectivity index (χ1) is 15.5. The highest BCUT2D eigenvalue weighted by atomic mass is 32.1. The lowest BCUT2D eigenvalue weighted by Gasteiger charge is -2.13. The van der Waals surface area contributed by atoms with Crippen molar-refractivity contribution >= 4 is 39.0 Å². The molecule has 32 heavy (non-hydrogen) atoms. The molecule has 0 aliphatic heterocycles. The Labute approximate surface area is 192 Å². The fourth-order valence-electron chi connectivity index (χ4n) is 3.94. The summed E-state index contributed by atoms with van der Waals surface area (Å²) in [5.74, 6) is 0.764. The van der Waals surface area contributed by atoms with Crippen molar-refractivity contribution in [2.75, 3.05) is 17.2 Å². The van der Waals surface area contributed by atoms with Crippen LogP contribution in [0.5, 0.6) is 0 Å². The maximum absolute atomic E-state index is 12.6. The third kappa shape index (κ3) is 4.50. The highest BCUT2D eigenvalue weighted by Gasteiger charge is 2.17. The van der Waals surface area contributed by atoms with Gasteiger partial charge in [0.2, 0.25) is 5.91 Å². The van der Waals surface area contributed by atoms with Gasteiger partial charge in [-0.1, -0.05) is 55.0 Å². The zero-order chi connectivity index (χ0) is 22.7. The van der Waals surface area contributed by atoms with Crippen LogP contribution in [0.2, 0.25) is 0 Å². The standard InChI is InChI=1S/C26H28N4OS/c1-5-19-8-6-7-17(3)24(19)30-21(31)13-14-27-25-23-22(20-11-9-16(2)10-12-20)18(4)32-26(23)29-15-28-25/h6-12,15H,5,13-14H2,1-4H3,(H,30,31)(H,27,28,29). The van der Waals surface area contributed by atoms with Gasteiger partial charge < -0.3 is 10.6 Å². The summed E-state index contributed by atoms with van der Waals surface area (Å²) >= 11 is 1.67. The van der Waals surface area contributed by atoms with E-state index < -0.39 is 0 Å². The molecule has 0 atom stereocenters. The molecule has 0 saturated heterocycles. The summed E-state index contributed by atoms with van der Waals surface area (Å²) in [6, 6.07) is 14.6. The Morgan fingerprint density at radius 3 is 2.56 bits per heavy atom. The van der Waals surface area contributed by atoms with Gasteiger partial charge in [-0.3, -0.25) is 4.79 Å². The van der Waals surface area contributed by atoms with Gasteiger partial charge in [0.1, 0.15) is 17.0 Å². The molecule has 0 spiro atoms. The number of hydrogen-bond acceptors (Lipinski definition) is 5. The van der Waals surface area contributed by atoms with Crippen molar-refractivity contribution in [1.82, 2.24) is 9.97 Å². The van der Waals surface area contributed by atoms with Gasteiger partial charge in [-0.25, -0.2) is 9.97 Å². The Kier molecular flexibility index (Phi) is 6.51. The molecule has 0 aliphatic carbocycles. The normalized spacial score (nSPS) is 11.0. The highest BCUT2D eigenvalue weighted by Crippen LogP contribution is 2.40. The molecule has 2 N–H and O–H groups in total. The maximum Gasteiger partial charge on any atom is 0.226 e. The third-order valence-electron chi connectivity index (χ3n) is 5.65. The van der Waals surface area contributed by atoms with Crippen LogP contribution < -0.4 is 10.6 Å². The van der Waals surface area contributed by atoms with E-state index in [9.17, 15) is 4.79 Å². The van der Waals surface area contributed by atoms with Gasteiger partial charge in [0.15, 0.2) is 0 Å². The van der Waals surface area contributed by atoms with Crippen LogP contribution in [0, 0.1) is 20.8 Å². The number of nitrogens with one attached hydrogen (secondary N) is 2. The number of rotatable bonds is 7. The molecule has 0 aliphatic rings. The Bertz CT molecular complexity index is 1260. The molecule has 1 amide bonds. The number of benzene rings is 2. The second-order valence-electron chi connectivity index (χ2n) is 7.99. The number of nitrogens with zero attached hydrogens (tertiary/aromatic N) is 2. The summed E-state index contributed by atoms with van der Waals surface area (Å²) in [6.07, 6.45) is 2.82. The van der Waals surface area contributed by atoms with Crippen LogP contribution in [-0.4, -0.2) is 22.4 Å². The summed E-state index contributed by atoms with van der Waals surface area (Å²) < 4.78 is 0. The molecule has 2 aromatic carbocycles. The Morgan fingerprint density at radius 1 is 1.03 bits per heavy atom. The Morgan fingerprint density at radius 2 is 1.81 bits per heavy atom. The van der Waals surface area contributed by atoms with Gasteiger partial charge in [-0.2, -0.15) is 0 Å². The average Bonchev–Trinajstić information content (AvgIpc) is 3.12. The van der Waals surface area contributed by atoms with E-state index in [1.54, 1.807) is 17.7 Å². The van der Waals surface area contributed by atoms with Crippen molar-refractivity contribution in [2.24, 2.45) is 0 Å². The van der Waals surface area contributed by atoms with Crippen molar-refractivity contribution in [2.45, 2.75) is 40.5 Å². The van der Waals surface area contributed by atoms with Crippen molar-refractivity contribution < 1.29 is 4.79 Å². The minimum Gasteiger partial charge on any atom is -0.369 e. The largest absolute Gasteiger partial charge is 0.369 e. The van der Waals surface area contributed by atoms with E-state index >= 15 is 0 Å². The van der Waals surface area contributed by atoms with Gasteiger partial charge in [-0.05, 0) is 43.9 Å². The fraction of sp³-hybridized carbons (Fsp3) is 0.269. The number of fused-ring (bicyclic) bond motifs is 1. The molecule has 0 fully saturated rings. The molecule has 4 aromatic rings. The average molecular weight is 445 g/mol. The van der Waals surface area contributed by atoms with Crippen molar-refractivity contribution in [3.63, 3.8) is 0 Å². The fourth-order valence-corrected chi connectivity index (χ4v) is 4.96. The molecule has 2 aromatic heterocycles. The van der Waals surface area contributed by atoms with E-state index in [1.807, 2.05) is 19.1 Å². The van der Waals surface area contributed by atoms with Gasteiger partial charge in [0, 0.05) is 29.1 Å². The molecule has 0 radical (unpaired) electrons. The van der Waals surface area contributed by atoms with Crippen LogP contribution in [0.15, 0.2) is 48.8 Å². The molecular formula is C26H28N4OS. The van der Waals surface area contributed by atoms with Gasteiger partial charge >= 0.3 is 0 Å². The summed E-state index contributed by atoms with van der Waals surface area (Å²) in [7, 11) is 0. The topological polar surface area (TPSA) is 66.9 Å². The maximum atomic E-state index is 12.6. The number of carbonyl (C=O) groups is 1.